The van der Waals surface area contributed by atoms with Crippen LogP contribution in [0.1, 0.15) is 106 Å². The zero-order valence-electron chi connectivity index (χ0n) is 22.8. The molecular formula is C29H54O2Si. The predicted octanol–water partition coefficient (Wildman–Crippen LogP) is 8.05. The summed E-state index contributed by atoms with van der Waals surface area (Å²) < 4.78 is 6.98. The van der Waals surface area contributed by atoms with Crippen molar-refractivity contribution < 1.29 is 9.53 Å². The van der Waals surface area contributed by atoms with Gasteiger partial charge in [0.2, 0.25) is 0 Å². The Kier molecular flexibility index (Phi) is 6.60. The Balaban J connectivity index is 1.47. The van der Waals surface area contributed by atoms with E-state index in [0.717, 1.165) is 48.3 Å². The molecule has 0 aliphatic heterocycles. The highest BCUT2D eigenvalue weighted by atomic mass is 28.4. The predicted molar refractivity (Wildman–Crippen MR) is 138 cm³/mol. The van der Waals surface area contributed by atoms with Crippen molar-refractivity contribution in [1.29, 1.82) is 0 Å². The summed E-state index contributed by atoms with van der Waals surface area (Å²) in [5.41, 5.74) is 0.0786. The van der Waals surface area contributed by atoms with Gasteiger partial charge in [0.15, 0.2) is 8.32 Å². The van der Waals surface area contributed by atoms with Gasteiger partial charge < -0.3 is 9.53 Å². The summed E-state index contributed by atoms with van der Waals surface area (Å²) in [5.74, 6) is 5.57. The summed E-state index contributed by atoms with van der Waals surface area (Å²) in [6, 6.07) is 0. The molecule has 4 fully saturated rings. The first-order chi connectivity index (χ1) is 14.7. The van der Waals surface area contributed by atoms with Gasteiger partial charge in [0.25, 0.3) is 0 Å². The fraction of sp³-hybridized carbons (Fsp3) is 1.00. The lowest BCUT2D eigenvalue weighted by Crippen LogP contribution is -2.53. The van der Waals surface area contributed by atoms with Crippen LogP contribution in [-0.2, 0) is 4.43 Å². The van der Waals surface area contributed by atoms with E-state index in [1.807, 2.05) is 0 Å². The zero-order valence-corrected chi connectivity index (χ0v) is 23.8. The lowest BCUT2D eigenvalue weighted by atomic mass is 9.48. The third-order valence-corrected chi connectivity index (χ3v) is 16.6. The zero-order chi connectivity index (χ0) is 23.7. The Hall–Kier alpha value is 0.137. The van der Waals surface area contributed by atoms with Crippen molar-refractivity contribution in [1.82, 2.24) is 0 Å². The van der Waals surface area contributed by atoms with E-state index in [1.54, 1.807) is 0 Å². The molecule has 32 heavy (non-hydrogen) atoms. The van der Waals surface area contributed by atoms with Crippen molar-refractivity contribution in [3.05, 3.63) is 0 Å². The largest absolute Gasteiger partial charge is 0.414 e. The van der Waals surface area contributed by atoms with Crippen LogP contribution in [0, 0.1) is 46.8 Å². The van der Waals surface area contributed by atoms with Gasteiger partial charge in [0, 0.05) is 6.10 Å². The Bertz CT molecular complexity index is 681. The molecule has 4 saturated carbocycles. The van der Waals surface area contributed by atoms with Gasteiger partial charge in [-0.15, -0.1) is 0 Å². The van der Waals surface area contributed by atoms with Gasteiger partial charge in [-0.25, -0.2) is 0 Å². The fourth-order valence-corrected chi connectivity index (χ4v) is 10.4. The fourth-order valence-electron chi connectivity index (χ4n) is 8.97. The molecule has 3 heteroatoms. The molecule has 0 bridgehead atoms. The second kappa shape index (κ2) is 8.37. The lowest BCUT2D eigenvalue weighted by Gasteiger charge is -2.58. The Labute approximate surface area is 200 Å². The SMILES string of the molecule is CC(O[Si](C)(C)C(C)(C)C)[C@H]1CC[C@H]2C3CC[C@@H]4C[C@@](O)(C(C)C)CC[C@@H]4[C@H]3CC[C@]12C. The highest BCUT2D eigenvalue weighted by Gasteiger charge is 2.59. The molecule has 2 nitrogen and oxygen atoms in total. The van der Waals surface area contributed by atoms with Gasteiger partial charge in [-0.2, -0.15) is 0 Å². The molecule has 0 aromatic carbocycles. The maximum absolute atomic E-state index is 11.2. The average Bonchev–Trinajstić information content (AvgIpc) is 3.03. The first kappa shape index (κ1) is 25.2. The Morgan fingerprint density at radius 1 is 0.875 bits per heavy atom. The van der Waals surface area contributed by atoms with Gasteiger partial charge in [0.05, 0.1) is 5.60 Å². The van der Waals surface area contributed by atoms with Crippen LogP contribution in [0.5, 0.6) is 0 Å². The quantitative estimate of drug-likeness (QED) is 0.428. The molecule has 0 aromatic heterocycles. The highest BCUT2D eigenvalue weighted by molar-refractivity contribution is 6.74. The minimum atomic E-state index is -1.73. The third kappa shape index (κ3) is 4.09. The van der Waals surface area contributed by atoms with Crippen molar-refractivity contribution in [3.63, 3.8) is 0 Å². The topological polar surface area (TPSA) is 29.5 Å². The molecule has 4 aliphatic carbocycles. The summed E-state index contributed by atoms with van der Waals surface area (Å²) in [7, 11) is -1.73. The highest BCUT2D eigenvalue weighted by Crippen LogP contribution is 2.65. The number of hydrogen-bond acceptors (Lipinski definition) is 2. The summed E-state index contributed by atoms with van der Waals surface area (Å²) in [4.78, 5) is 0. The first-order valence-electron chi connectivity index (χ1n) is 14.1. The molecule has 9 atom stereocenters. The van der Waals surface area contributed by atoms with E-state index in [0.29, 0.717) is 17.4 Å². The average molecular weight is 463 g/mol. The van der Waals surface area contributed by atoms with Gasteiger partial charge in [0.1, 0.15) is 0 Å². The van der Waals surface area contributed by atoms with E-state index in [1.165, 1.54) is 44.9 Å². The van der Waals surface area contributed by atoms with E-state index in [9.17, 15) is 5.11 Å². The van der Waals surface area contributed by atoms with Crippen molar-refractivity contribution >= 4 is 8.32 Å². The van der Waals surface area contributed by atoms with Gasteiger partial charge in [-0.1, -0.05) is 41.5 Å². The number of fused-ring (bicyclic) bond motifs is 5. The Morgan fingerprint density at radius 3 is 2.16 bits per heavy atom. The standard InChI is InChI=1S/C29H54O2Si/c1-19(2)29(30)17-15-22-21(18-29)10-11-24-23(22)14-16-28(7)25(12-13-26(24)28)20(3)31-32(8,9)27(4,5)6/h19-26,30H,10-18H2,1-9H3/t20?,21-,22+,23-,24?,25-,26+,28-,29-/m1/s1. The smallest absolute Gasteiger partial charge is 0.192 e. The monoisotopic (exact) mass is 462 g/mol. The molecule has 186 valence electrons. The van der Waals surface area contributed by atoms with E-state index in [-0.39, 0.29) is 5.04 Å². The summed E-state index contributed by atoms with van der Waals surface area (Å²) in [5, 5.41) is 11.5. The number of rotatable bonds is 4. The van der Waals surface area contributed by atoms with E-state index in [2.05, 4.69) is 61.6 Å². The third-order valence-electron chi connectivity index (χ3n) is 12.0. The summed E-state index contributed by atoms with van der Waals surface area (Å²) in [6.07, 6.45) is 12.2. The van der Waals surface area contributed by atoms with Crippen LogP contribution in [-0.4, -0.2) is 25.1 Å². The molecule has 2 unspecified atom stereocenters. The molecule has 0 aromatic rings. The molecule has 0 spiro atoms. The molecule has 0 saturated heterocycles. The van der Waals surface area contributed by atoms with E-state index < -0.39 is 13.9 Å². The van der Waals surface area contributed by atoms with Crippen molar-refractivity contribution in [2.75, 3.05) is 0 Å². The van der Waals surface area contributed by atoms with Crippen molar-refractivity contribution in [2.24, 2.45) is 46.8 Å². The van der Waals surface area contributed by atoms with Crippen molar-refractivity contribution in [2.45, 2.75) is 136 Å². The van der Waals surface area contributed by atoms with Crippen molar-refractivity contribution in [3.8, 4) is 0 Å². The minimum Gasteiger partial charge on any atom is -0.414 e. The van der Waals surface area contributed by atoms with Gasteiger partial charge in [-0.3, -0.25) is 0 Å². The van der Waals surface area contributed by atoms with Crippen LogP contribution < -0.4 is 0 Å². The molecule has 0 amide bonds. The van der Waals surface area contributed by atoms with Crippen LogP contribution in [0.3, 0.4) is 0 Å². The summed E-state index contributed by atoms with van der Waals surface area (Å²) >= 11 is 0. The second-order valence-electron chi connectivity index (χ2n) is 14.7. The second-order valence-corrected chi connectivity index (χ2v) is 19.5. The van der Waals surface area contributed by atoms with E-state index in [4.69, 9.17) is 4.43 Å². The summed E-state index contributed by atoms with van der Waals surface area (Å²) in [6.45, 7) is 21.5. The van der Waals surface area contributed by atoms with Gasteiger partial charge >= 0.3 is 0 Å². The molecule has 0 heterocycles. The molecule has 0 radical (unpaired) electrons. The number of aliphatic hydroxyl groups is 1. The molecule has 4 rings (SSSR count). The maximum atomic E-state index is 11.2. The minimum absolute atomic E-state index is 0.287. The maximum Gasteiger partial charge on any atom is 0.192 e. The van der Waals surface area contributed by atoms with E-state index >= 15 is 0 Å². The molecular weight excluding hydrogens is 408 g/mol. The Morgan fingerprint density at radius 2 is 1.53 bits per heavy atom. The molecule has 4 aliphatic rings. The normalized spacial score (nSPS) is 45.8. The van der Waals surface area contributed by atoms with Crippen LogP contribution >= 0.6 is 0 Å². The number of hydrogen-bond donors (Lipinski definition) is 1. The first-order valence-corrected chi connectivity index (χ1v) is 17.0. The van der Waals surface area contributed by atoms with Crippen LogP contribution in [0.4, 0.5) is 0 Å². The lowest BCUT2D eigenvalue weighted by molar-refractivity contribution is -0.124. The van der Waals surface area contributed by atoms with Crippen LogP contribution in [0.25, 0.3) is 0 Å². The molecule has 1 N–H and O–H groups in total. The van der Waals surface area contributed by atoms with Crippen LogP contribution in [0.15, 0.2) is 0 Å². The van der Waals surface area contributed by atoms with Crippen LogP contribution in [0.2, 0.25) is 18.1 Å². The van der Waals surface area contributed by atoms with Gasteiger partial charge in [-0.05, 0) is 130 Å².